The molecule has 3 aromatic rings. The maximum Gasteiger partial charge on any atom is 0.417 e. The van der Waals surface area contributed by atoms with Crippen molar-refractivity contribution in [3.05, 3.63) is 88.3 Å². The van der Waals surface area contributed by atoms with E-state index in [2.05, 4.69) is 4.74 Å². The van der Waals surface area contributed by atoms with Gasteiger partial charge in [0.25, 0.3) is 0 Å². The highest BCUT2D eigenvalue weighted by Gasteiger charge is 2.22. The summed E-state index contributed by atoms with van der Waals surface area (Å²) in [7, 11) is 1.60. The molecule has 0 aliphatic heterocycles. The van der Waals surface area contributed by atoms with Crippen LogP contribution in [-0.2, 0) is 14.3 Å². The van der Waals surface area contributed by atoms with Gasteiger partial charge in [-0.25, -0.2) is 14.0 Å². The maximum absolute atomic E-state index is 15.1. The van der Waals surface area contributed by atoms with Crippen LogP contribution in [0.25, 0.3) is 22.3 Å². The van der Waals surface area contributed by atoms with Crippen molar-refractivity contribution in [2.45, 2.75) is 48.5 Å². The Morgan fingerprint density at radius 2 is 1.47 bits per heavy atom. The lowest BCUT2D eigenvalue weighted by molar-refractivity contribution is -0.154. The van der Waals surface area contributed by atoms with Crippen LogP contribution in [-0.4, -0.2) is 50.8 Å². The molecule has 0 saturated carbocycles. The van der Waals surface area contributed by atoms with E-state index >= 15 is 4.39 Å². The number of amides is 1. The molecule has 0 aromatic heterocycles. The number of carbonyl (C=O) groups is 2. The molecule has 45 heavy (non-hydrogen) atoms. The second kappa shape index (κ2) is 15.9. The monoisotopic (exact) mass is 619 g/mol. The molecule has 0 unspecified atom stereocenters. The number of aliphatic hydroxyl groups is 1. The van der Waals surface area contributed by atoms with E-state index < -0.39 is 31.3 Å². The van der Waals surface area contributed by atoms with E-state index in [9.17, 15) is 9.59 Å². The molecule has 3 rings (SSSR count). The summed E-state index contributed by atoms with van der Waals surface area (Å²) in [5.74, 6) is -0.515. The fourth-order valence-electron chi connectivity index (χ4n) is 4.87. The van der Waals surface area contributed by atoms with Crippen LogP contribution < -0.4 is 14.4 Å². The largest absolute Gasteiger partial charge is 0.496 e. The van der Waals surface area contributed by atoms with E-state index in [1.807, 2.05) is 91.0 Å². The third-order valence-electron chi connectivity index (χ3n) is 7.31. The van der Waals surface area contributed by atoms with Crippen LogP contribution in [0, 0.1) is 26.6 Å². The van der Waals surface area contributed by atoms with Gasteiger partial charge in [-0.15, -0.1) is 0 Å². The normalized spacial score (nSPS) is 10.5. The standard InChI is InChI=1S/C36H42FNO7/c1-22(2)15-17-38(36(41)45-21-44-32(40)20-39)29-12-9-27(10-13-29)33-24(5)25(6)34(35(42-8)26(33)7)28-11-14-31(30(37)19-28)43-18-16-23(3)4/h9-16,19,39H,17-18,20-21H2,1-8H3. The third-order valence-corrected chi connectivity index (χ3v) is 7.31. The van der Waals surface area contributed by atoms with E-state index in [-0.39, 0.29) is 12.3 Å². The van der Waals surface area contributed by atoms with Crippen molar-refractivity contribution < 1.29 is 38.0 Å². The molecule has 0 fully saturated rings. The molecule has 240 valence electrons. The van der Waals surface area contributed by atoms with Crippen LogP contribution in [0.2, 0.25) is 0 Å². The molecule has 0 heterocycles. The van der Waals surface area contributed by atoms with Crippen LogP contribution in [0.5, 0.6) is 11.5 Å². The summed E-state index contributed by atoms with van der Waals surface area (Å²) in [5, 5.41) is 8.81. The zero-order valence-electron chi connectivity index (χ0n) is 27.2. The number of hydrogen-bond donors (Lipinski definition) is 1. The molecular formula is C36H42FNO7. The first-order chi connectivity index (χ1) is 21.4. The van der Waals surface area contributed by atoms with Crippen molar-refractivity contribution in [3.8, 4) is 33.8 Å². The number of carbonyl (C=O) groups excluding carboxylic acids is 2. The minimum Gasteiger partial charge on any atom is -0.496 e. The molecule has 8 nitrogen and oxygen atoms in total. The van der Waals surface area contributed by atoms with Crippen molar-refractivity contribution in [2.24, 2.45) is 0 Å². The molecule has 0 spiro atoms. The average molecular weight is 620 g/mol. The number of halogens is 1. The van der Waals surface area contributed by atoms with E-state index in [0.717, 1.165) is 44.5 Å². The number of anilines is 1. The summed E-state index contributed by atoms with van der Waals surface area (Å²) in [6, 6.07) is 12.4. The third kappa shape index (κ3) is 8.73. The minimum atomic E-state index is -0.892. The van der Waals surface area contributed by atoms with Gasteiger partial charge in [-0.3, -0.25) is 4.90 Å². The zero-order valence-corrected chi connectivity index (χ0v) is 27.2. The molecule has 0 saturated heterocycles. The van der Waals surface area contributed by atoms with Gasteiger partial charge in [-0.1, -0.05) is 35.4 Å². The predicted molar refractivity (Wildman–Crippen MR) is 174 cm³/mol. The molecule has 0 bridgehead atoms. The number of allylic oxidation sites excluding steroid dienone is 2. The van der Waals surface area contributed by atoms with Gasteiger partial charge in [0, 0.05) is 17.8 Å². The smallest absolute Gasteiger partial charge is 0.417 e. The van der Waals surface area contributed by atoms with Crippen molar-refractivity contribution in [1.82, 2.24) is 0 Å². The summed E-state index contributed by atoms with van der Waals surface area (Å²) in [5.41, 5.74) is 8.88. The first kappa shape index (κ1) is 34.9. The Balaban J connectivity index is 1.98. The number of nitrogens with zero attached hydrogens (tertiary/aromatic N) is 1. The van der Waals surface area contributed by atoms with Gasteiger partial charge in [0.1, 0.15) is 19.0 Å². The molecule has 0 atom stereocenters. The van der Waals surface area contributed by atoms with E-state index in [1.54, 1.807) is 13.2 Å². The molecular weight excluding hydrogens is 577 g/mol. The van der Waals surface area contributed by atoms with E-state index in [0.29, 0.717) is 23.6 Å². The van der Waals surface area contributed by atoms with Gasteiger partial charge < -0.3 is 24.1 Å². The van der Waals surface area contributed by atoms with Crippen LogP contribution in [0.4, 0.5) is 14.9 Å². The van der Waals surface area contributed by atoms with Crippen LogP contribution in [0.1, 0.15) is 44.4 Å². The number of ether oxygens (including phenoxy) is 4. The number of aliphatic hydroxyl groups excluding tert-OH is 1. The van der Waals surface area contributed by atoms with Crippen LogP contribution >= 0.6 is 0 Å². The summed E-state index contributed by atoms with van der Waals surface area (Å²) in [6.45, 7) is 12.9. The van der Waals surface area contributed by atoms with Crippen molar-refractivity contribution in [3.63, 3.8) is 0 Å². The summed E-state index contributed by atoms with van der Waals surface area (Å²) >= 11 is 0. The topological polar surface area (TPSA) is 94.5 Å². The second-order valence-electron chi connectivity index (χ2n) is 11.0. The van der Waals surface area contributed by atoms with Gasteiger partial charge in [-0.05, 0) is 112 Å². The Labute approximate surface area is 264 Å². The average Bonchev–Trinajstić information content (AvgIpc) is 3.00. The lowest BCUT2D eigenvalue weighted by atomic mass is 9.86. The Kier molecular flexibility index (Phi) is 12.3. The Bertz CT molecular complexity index is 1580. The molecule has 1 N–H and O–H groups in total. The Morgan fingerprint density at radius 1 is 0.844 bits per heavy atom. The first-order valence-electron chi connectivity index (χ1n) is 14.6. The number of esters is 1. The Hall–Kier alpha value is -4.63. The van der Waals surface area contributed by atoms with Crippen molar-refractivity contribution >= 4 is 17.7 Å². The van der Waals surface area contributed by atoms with Crippen molar-refractivity contribution in [2.75, 3.05) is 38.6 Å². The Morgan fingerprint density at radius 3 is 2.04 bits per heavy atom. The predicted octanol–water partition coefficient (Wildman–Crippen LogP) is 7.84. The number of hydrogen-bond acceptors (Lipinski definition) is 7. The first-order valence-corrected chi connectivity index (χ1v) is 14.6. The summed E-state index contributed by atoms with van der Waals surface area (Å²) in [6.07, 6.45) is 3.06. The molecule has 0 aliphatic carbocycles. The van der Waals surface area contributed by atoms with Gasteiger partial charge in [0.15, 0.2) is 11.6 Å². The number of methoxy groups -OCH3 is 1. The lowest BCUT2D eigenvalue weighted by Crippen LogP contribution is -2.32. The molecule has 9 heteroatoms. The van der Waals surface area contributed by atoms with Crippen LogP contribution in [0.3, 0.4) is 0 Å². The highest BCUT2D eigenvalue weighted by molar-refractivity contribution is 5.90. The quantitative estimate of drug-likeness (QED) is 0.125. The zero-order chi connectivity index (χ0) is 33.3. The summed E-state index contributed by atoms with van der Waals surface area (Å²) < 4.78 is 36.4. The summed E-state index contributed by atoms with van der Waals surface area (Å²) in [4.78, 5) is 25.5. The SMILES string of the molecule is COc1c(C)c(-c2ccc(N(CC=C(C)C)C(=O)OCOC(=O)CO)cc2)c(C)c(C)c1-c1ccc(OCC=C(C)C)c(F)c1. The number of rotatable bonds is 12. The highest BCUT2D eigenvalue weighted by atomic mass is 19.1. The van der Waals surface area contributed by atoms with E-state index in [1.165, 1.54) is 11.0 Å². The maximum atomic E-state index is 15.1. The molecule has 0 radical (unpaired) electrons. The molecule has 1 amide bonds. The minimum absolute atomic E-state index is 0.187. The van der Waals surface area contributed by atoms with E-state index in [4.69, 9.17) is 19.3 Å². The molecule has 3 aromatic carbocycles. The second-order valence-corrected chi connectivity index (χ2v) is 11.0. The van der Waals surface area contributed by atoms with Gasteiger partial charge in [0.2, 0.25) is 6.79 Å². The van der Waals surface area contributed by atoms with Gasteiger partial charge in [-0.2, -0.15) is 0 Å². The fraction of sp³-hybridized carbons (Fsp3) is 0.333. The van der Waals surface area contributed by atoms with Gasteiger partial charge >= 0.3 is 12.1 Å². The van der Waals surface area contributed by atoms with Gasteiger partial charge in [0.05, 0.1) is 7.11 Å². The molecule has 0 aliphatic rings. The van der Waals surface area contributed by atoms with Crippen molar-refractivity contribution in [1.29, 1.82) is 0 Å². The highest BCUT2D eigenvalue weighted by Crippen LogP contribution is 2.44. The number of benzene rings is 3. The fourth-order valence-corrected chi connectivity index (χ4v) is 4.87. The van der Waals surface area contributed by atoms with Crippen LogP contribution in [0.15, 0.2) is 65.8 Å². The lowest BCUT2D eigenvalue weighted by Gasteiger charge is -2.23.